The summed E-state index contributed by atoms with van der Waals surface area (Å²) in [6, 6.07) is 14.7. The molecular weight excluding hydrogens is 894 g/mol. The molecule has 2 fully saturated rings. The fraction of sp³-hybridized carbons (Fsp3) is 0.417. The Morgan fingerprint density at radius 1 is 1.03 bits per heavy atom. The van der Waals surface area contributed by atoms with Gasteiger partial charge in [0.1, 0.15) is 29.2 Å². The Kier molecular flexibility index (Phi) is 13.8. The first-order valence-electron chi connectivity index (χ1n) is 22.7. The molecule has 1 saturated heterocycles. The van der Waals surface area contributed by atoms with E-state index in [1.54, 1.807) is 36.2 Å². The molecule has 1 saturated carbocycles. The Morgan fingerprint density at radius 3 is 2.66 bits per heavy atom. The highest BCUT2D eigenvalue weighted by Crippen LogP contribution is 2.39. The highest BCUT2D eigenvalue weighted by atomic mass is 35.5. The molecule has 9 rings (SSSR count). The van der Waals surface area contributed by atoms with Gasteiger partial charge in [-0.1, -0.05) is 47.7 Å². The van der Waals surface area contributed by atoms with Crippen molar-refractivity contribution in [2.75, 3.05) is 49.0 Å². The number of hydrogen-bond donors (Lipinski definition) is 3. The number of amides is 4. The molecule has 3 N–H and O–H groups in total. The van der Waals surface area contributed by atoms with Crippen LogP contribution < -0.4 is 30.5 Å². The number of piperidine rings is 1. The number of likely N-dealkylation sites (N-methyl/N-ethyl adjacent to an activating group) is 1. The summed E-state index contributed by atoms with van der Waals surface area (Å²) < 4.78 is 14.4. The van der Waals surface area contributed by atoms with Crippen LogP contribution in [0.1, 0.15) is 90.7 Å². The number of benzene rings is 2. The summed E-state index contributed by atoms with van der Waals surface area (Å²) in [5.74, 6) is 7.06. The third-order valence-electron chi connectivity index (χ3n) is 12.9. The van der Waals surface area contributed by atoms with Crippen molar-refractivity contribution in [1.29, 1.82) is 0 Å². The fourth-order valence-corrected chi connectivity index (χ4v) is 10.4. The summed E-state index contributed by atoms with van der Waals surface area (Å²) in [7, 11) is 3.38. The second kappa shape index (κ2) is 20.2. The molecule has 4 amide bonds. The van der Waals surface area contributed by atoms with Crippen molar-refractivity contribution < 1.29 is 28.7 Å². The third kappa shape index (κ3) is 9.87. The van der Waals surface area contributed by atoms with Crippen molar-refractivity contribution in [1.82, 2.24) is 40.5 Å². The van der Waals surface area contributed by atoms with Crippen LogP contribution in [0.5, 0.6) is 5.75 Å². The number of aromatic nitrogens is 5. The fourth-order valence-electron chi connectivity index (χ4n) is 9.31. The molecule has 348 valence electrons. The van der Waals surface area contributed by atoms with E-state index in [4.69, 9.17) is 26.1 Å². The topological polar surface area (TPSA) is 189 Å². The maximum Gasteiger partial charge on any atom is 0.255 e. The highest BCUT2D eigenvalue weighted by molar-refractivity contribution is 7.16. The van der Waals surface area contributed by atoms with Gasteiger partial charge in [-0.2, -0.15) is 4.98 Å². The van der Waals surface area contributed by atoms with Crippen molar-refractivity contribution in [3.05, 3.63) is 86.8 Å². The van der Waals surface area contributed by atoms with Gasteiger partial charge < -0.3 is 34.8 Å². The molecule has 3 aromatic heterocycles. The Hall–Kier alpha value is -6.39. The summed E-state index contributed by atoms with van der Waals surface area (Å²) >= 11 is 7.74. The lowest BCUT2D eigenvalue weighted by Crippen LogP contribution is -2.52. The lowest BCUT2D eigenvalue weighted by atomic mass is 9.91. The second-order valence-electron chi connectivity index (χ2n) is 17.0. The van der Waals surface area contributed by atoms with Crippen molar-refractivity contribution in [2.24, 2.45) is 0 Å². The number of thiophene rings is 1. The van der Waals surface area contributed by atoms with E-state index in [0.29, 0.717) is 90.4 Å². The number of fused-ring (bicyclic) bond motifs is 2. The molecule has 5 aromatic rings. The van der Waals surface area contributed by atoms with Crippen LogP contribution in [0.15, 0.2) is 60.9 Å². The maximum absolute atomic E-state index is 13.3. The first kappa shape index (κ1) is 45.8. The van der Waals surface area contributed by atoms with Crippen LogP contribution in [-0.4, -0.2) is 106 Å². The lowest BCUT2D eigenvalue weighted by molar-refractivity contribution is -0.137. The van der Waals surface area contributed by atoms with Gasteiger partial charge in [0.05, 0.1) is 55.3 Å². The van der Waals surface area contributed by atoms with Crippen molar-refractivity contribution >= 4 is 69.7 Å². The van der Waals surface area contributed by atoms with Crippen LogP contribution >= 0.6 is 22.9 Å². The van der Waals surface area contributed by atoms with Crippen LogP contribution in [0.2, 0.25) is 4.34 Å². The van der Waals surface area contributed by atoms with Crippen LogP contribution in [0.3, 0.4) is 0 Å². The zero-order chi connectivity index (χ0) is 46.6. The predicted molar refractivity (Wildman–Crippen MR) is 254 cm³/mol. The van der Waals surface area contributed by atoms with E-state index >= 15 is 0 Å². The SMILES string of the molecule is CC[C@@H]1C(=O)N(C)c2cnc(Nc3ccc(-c4cn([C@H]5CC[C@@H](NCCOCCC#Cc6cccc7c6CN(C6CCC(=O)NC6=O)C7=O)CC5)nn4)cc3OC)nc2N1Cc1ccc(Cl)s1. The number of hydrogen-bond acceptors (Lipinski definition) is 14. The molecule has 0 radical (unpaired) electrons. The molecule has 0 spiro atoms. The van der Waals surface area contributed by atoms with Gasteiger partial charge in [-0.15, -0.1) is 16.4 Å². The van der Waals surface area contributed by atoms with Crippen LogP contribution in [-0.2, 0) is 32.2 Å². The molecular formula is C48H52ClN11O6S. The zero-order valence-electron chi connectivity index (χ0n) is 37.6. The van der Waals surface area contributed by atoms with Crippen molar-refractivity contribution in [2.45, 2.75) is 95.5 Å². The van der Waals surface area contributed by atoms with Gasteiger partial charge in [-0.3, -0.25) is 24.5 Å². The van der Waals surface area contributed by atoms with E-state index in [1.165, 1.54) is 11.3 Å². The summed E-state index contributed by atoms with van der Waals surface area (Å²) in [6.07, 6.45) is 9.37. The number of nitrogens with one attached hydrogen (secondary N) is 3. The number of imide groups is 1. The Morgan fingerprint density at radius 2 is 1.88 bits per heavy atom. The van der Waals surface area contributed by atoms with E-state index in [0.717, 1.165) is 59.5 Å². The second-order valence-corrected chi connectivity index (χ2v) is 18.8. The summed E-state index contributed by atoms with van der Waals surface area (Å²) in [5, 5.41) is 18.4. The van der Waals surface area contributed by atoms with E-state index in [-0.39, 0.29) is 36.2 Å². The number of carbonyl (C=O) groups is 4. The normalized spacial score (nSPS) is 20.3. The first-order valence-corrected chi connectivity index (χ1v) is 23.9. The first-order chi connectivity index (χ1) is 32.6. The van der Waals surface area contributed by atoms with Crippen molar-refractivity contribution in [3.8, 4) is 28.8 Å². The zero-order valence-corrected chi connectivity index (χ0v) is 39.2. The smallest absolute Gasteiger partial charge is 0.255 e. The predicted octanol–water partition coefficient (Wildman–Crippen LogP) is 6.26. The number of halogens is 1. The number of nitrogens with zero attached hydrogens (tertiary/aromatic N) is 8. The Labute approximate surface area is 397 Å². The molecule has 1 unspecified atom stereocenters. The number of ether oxygens (including phenoxy) is 2. The quantitative estimate of drug-likeness (QED) is 0.0607. The van der Waals surface area contributed by atoms with E-state index in [9.17, 15) is 19.2 Å². The maximum atomic E-state index is 13.3. The van der Waals surface area contributed by atoms with Gasteiger partial charge in [0, 0.05) is 60.6 Å². The van der Waals surface area contributed by atoms with Gasteiger partial charge in [0.15, 0.2) is 5.82 Å². The minimum absolute atomic E-state index is 0.00483. The molecule has 3 aliphatic heterocycles. The molecule has 4 aliphatic rings. The number of methoxy groups -OCH3 is 1. The number of carbonyl (C=O) groups excluding carboxylic acids is 4. The molecule has 2 aromatic carbocycles. The molecule has 6 heterocycles. The molecule has 19 heteroatoms. The molecule has 2 atom stereocenters. The summed E-state index contributed by atoms with van der Waals surface area (Å²) in [4.78, 5) is 66.2. The van der Waals surface area contributed by atoms with Crippen LogP contribution in [0.25, 0.3) is 11.3 Å². The Bertz CT molecular complexity index is 2740. The van der Waals surface area contributed by atoms with Crippen LogP contribution in [0.4, 0.5) is 23.1 Å². The minimum Gasteiger partial charge on any atom is -0.495 e. The molecule has 67 heavy (non-hydrogen) atoms. The highest BCUT2D eigenvalue weighted by Gasteiger charge is 2.40. The molecule has 17 nitrogen and oxygen atoms in total. The largest absolute Gasteiger partial charge is 0.495 e. The summed E-state index contributed by atoms with van der Waals surface area (Å²) in [5.41, 5.74) is 5.08. The van der Waals surface area contributed by atoms with Gasteiger partial charge in [0.25, 0.3) is 5.91 Å². The van der Waals surface area contributed by atoms with Gasteiger partial charge in [-0.25, -0.2) is 9.67 Å². The average Bonchev–Trinajstić information content (AvgIpc) is 4.08. The van der Waals surface area contributed by atoms with Gasteiger partial charge >= 0.3 is 0 Å². The monoisotopic (exact) mass is 945 g/mol. The third-order valence-corrected chi connectivity index (χ3v) is 14.1. The standard InChI is InChI=1S/C48H52ClN11O6S/c1-4-38-47(64)57(2)40-25-51-48(54-44(40)58(38)26-33-16-19-42(49)67-33)52-36-17-11-30(24-41(36)65-3)37-28-60(56-55-37)32-14-12-31(13-15-32)50-21-23-66-22-6-5-8-29-9-7-10-34-35(29)27-59(46(34)63)39-18-20-43(61)53-45(39)62/h7,9-11,16-17,19,24-25,28,31-32,38-39,50H,4,6,12-15,18,20-23,26-27H2,1-3H3,(H,51,52,54)(H,53,61,62)/t31-,32+,38-,39?/m1/s1. The van der Waals surface area contributed by atoms with E-state index in [1.807, 2.05) is 65.2 Å². The van der Waals surface area contributed by atoms with E-state index in [2.05, 4.69) is 43.1 Å². The molecule has 0 bridgehead atoms. The number of anilines is 4. The van der Waals surface area contributed by atoms with Crippen LogP contribution in [0, 0.1) is 11.8 Å². The lowest BCUT2D eigenvalue weighted by Gasteiger charge is -2.40. The Balaban J connectivity index is 0.729. The van der Waals surface area contributed by atoms with Gasteiger partial charge in [0.2, 0.25) is 23.7 Å². The van der Waals surface area contributed by atoms with Crippen molar-refractivity contribution in [3.63, 3.8) is 0 Å². The van der Waals surface area contributed by atoms with E-state index < -0.39 is 11.9 Å². The molecule has 1 aliphatic carbocycles. The van der Waals surface area contributed by atoms with Gasteiger partial charge in [-0.05, 0) is 80.5 Å². The average molecular weight is 947 g/mol. The number of rotatable bonds is 15. The summed E-state index contributed by atoms with van der Waals surface area (Å²) in [6.45, 7) is 4.61. The minimum atomic E-state index is -0.654.